The molecule has 2 rings (SSSR count). The van der Waals surface area contributed by atoms with E-state index in [2.05, 4.69) is 0 Å². The molecule has 5 nitrogen and oxygen atoms in total. The summed E-state index contributed by atoms with van der Waals surface area (Å²) in [4.78, 5) is 24.9. The molecule has 108 valence electrons. The molecule has 0 saturated carbocycles. The third-order valence-corrected chi connectivity index (χ3v) is 4.27. The van der Waals surface area contributed by atoms with Crippen LogP contribution >= 0.6 is 11.8 Å². The Morgan fingerprint density at radius 2 is 2.10 bits per heavy atom. The highest BCUT2D eigenvalue weighted by atomic mass is 32.2. The van der Waals surface area contributed by atoms with Crippen molar-refractivity contribution < 1.29 is 19.4 Å². The summed E-state index contributed by atoms with van der Waals surface area (Å²) in [5.74, 6) is 0.920. The molecular formula is C14H17NO4S. The average molecular weight is 295 g/mol. The number of carboxylic acid groups (broad SMARTS) is 1. The molecule has 1 N–H and O–H groups in total. The number of ether oxygens (including phenoxy) is 1. The Bertz CT molecular complexity index is 488. The minimum atomic E-state index is -0.930. The second-order valence-electron chi connectivity index (χ2n) is 4.54. The molecule has 1 atom stereocenters. The standard InChI is InChI=1S/C14H17NO4S/c1-19-11-4-2-10(3-5-11)8-13(16)15-6-7-20-9-12(15)14(17)18/h2-5,12H,6-9H2,1H3,(H,17,18). The van der Waals surface area contributed by atoms with Crippen molar-refractivity contribution in [3.63, 3.8) is 0 Å². The summed E-state index contributed by atoms with van der Waals surface area (Å²) < 4.78 is 5.06. The van der Waals surface area contributed by atoms with E-state index >= 15 is 0 Å². The van der Waals surface area contributed by atoms with Crippen molar-refractivity contribution in [2.24, 2.45) is 0 Å². The molecule has 0 bridgehead atoms. The van der Waals surface area contributed by atoms with E-state index in [9.17, 15) is 9.59 Å². The van der Waals surface area contributed by atoms with Gasteiger partial charge in [-0.25, -0.2) is 4.79 Å². The lowest BCUT2D eigenvalue weighted by Gasteiger charge is -2.32. The highest BCUT2D eigenvalue weighted by molar-refractivity contribution is 7.99. The number of aliphatic carboxylic acids is 1. The molecule has 0 aromatic heterocycles. The highest BCUT2D eigenvalue weighted by Gasteiger charge is 2.32. The Kier molecular flexibility index (Phi) is 4.89. The molecule has 1 heterocycles. The lowest BCUT2D eigenvalue weighted by molar-refractivity contribution is -0.148. The summed E-state index contributed by atoms with van der Waals surface area (Å²) in [5, 5.41) is 9.17. The second-order valence-corrected chi connectivity index (χ2v) is 5.69. The van der Waals surface area contributed by atoms with Crippen LogP contribution in [0, 0.1) is 0 Å². The third kappa shape index (κ3) is 3.45. The van der Waals surface area contributed by atoms with Gasteiger partial charge < -0.3 is 14.7 Å². The number of carbonyl (C=O) groups is 2. The molecule has 1 saturated heterocycles. The van der Waals surface area contributed by atoms with Gasteiger partial charge in [-0.15, -0.1) is 0 Å². The Morgan fingerprint density at radius 1 is 1.40 bits per heavy atom. The van der Waals surface area contributed by atoms with Crippen molar-refractivity contribution in [2.45, 2.75) is 12.5 Å². The predicted molar refractivity (Wildman–Crippen MR) is 77.2 cm³/mol. The van der Waals surface area contributed by atoms with Crippen molar-refractivity contribution in [1.29, 1.82) is 0 Å². The zero-order chi connectivity index (χ0) is 14.5. The van der Waals surface area contributed by atoms with Gasteiger partial charge in [0.25, 0.3) is 0 Å². The fourth-order valence-corrected chi connectivity index (χ4v) is 3.16. The Balaban J connectivity index is 2.03. The number of amides is 1. The number of nitrogens with zero attached hydrogens (tertiary/aromatic N) is 1. The summed E-state index contributed by atoms with van der Waals surface area (Å²) in [5.41, 5.74) is 0.859. The van der Waals surface area contributed by atoms with E-state index in [0.717, 1.165) is 17.1 Å². The lowest BCUT2D eigenvalue weighted by Crippen LogP contribution is -2.50. The van der Waals surface area contributed by atoms with E-state index in [-0.39, 0.29) is 12.3 Å². The fraction of sp³-hybridized carbons (Fsp3) is 0.429. The number of rotatable bonds is 4. The van der Waals surface area contributed by atoms with Crippen molar-refractivity contribution in [3.05, 3.63) is 29.8 Å². The van der Waals surface area contributed by atoms with Crippen LogP contribution in [-0.2, 0) is 16.0 Å². The number of hydrogen-bond acceptors (Lipinski definition) is 4. The van der Waals surface area contributed by atoms with Gasteiger partial charge >= 0.3 is 5.97 Å². The van der Waals surface area contributed by atoms with Crippen molar-refractivity contribution in [1.82, 2.24) is 4.90 Å². The Labute approximate surface area is 121 Å². The maximum atomic E-state index is 12.3. The summed E-state index contributed by atoms with van der Waals surface area (Å²) in [7, 11) is 1.59. The molecule has 1 aliphatic heterocycles. The first-order valence-corrected chi connectivity index (χ1v) is 7.50. The third-order valence-electron chi connectivity index (χ3n) is 3.25. The summed E-state index contributed by atoms with van der Waals surface area (Å²) in [6.45, 7) is 0.497. The van der Waals surface area contributed by atoms with Gasteiger partial charge in [0.1, 0.15) is 11.8 Å². The van der Waals surface area contributed by atoms with Gasteiger partial charge in [0.2, 0.25) is 5.91 Å². The SMILES string of the molecule is COc1ccc(CC(=O)N2CCSCC2C(=O)O)cc1. The lowest BCUT2D eigenvalue weighted by atomic mass is 10.1. The topological polar surface area (TPSA) is 66.8 Å². The fourth-order valence-electron chi connectivity index (χ4n) is 2.13. The van der Waals surface area contributed by atoms with Crippen LogP contribution in [0.4, 0.5) is 0 Å². The van der Waals surface area contributed by atoms with Gasteiger partial charge in [-0.3, -0.25) is 4.79 Å². The number of methoxy groups -OCH3 is 1. The van der Waals surface area contributed by atoms with Crippen LogP contribution in [0.1, 0.15) is 5.56 Å². The molecule has 6 heteroatoms. The number of carboxylic acids is 1. The molecule has 1 aliphatic rings. The predicted octanol–water partition coefficient (Wildman–Crippen LogP) is 1.27. The van der Waals surface area contributed by atoms with Crippen molar-refractivity contribution in [3.8, 4) is 5.75 Å². The zero-order valence-corrected chi connectivity index (χ0v) is 12.1. The smallest absolute Gasteiger partial charge is 0.327 e. The van der Waals surface area contributed by atoms with Crippen molar-refractivity contribution in [2.75, 3.05) is 25.2 Å². The maximum absolute atomic E-state index is 12.3. The van der Waals surface area contributed by atoms with Crippen LogP contribution < -0.4 is 4.74 Å². The summed E-state index contributed by atoms with van der Waals surface area (Å²) >= 11 is 1.57. The Hall–Kier alpha value is -1.69. The molecule has 0 radical (unpaired) electrons. The van der Waals surface area contributed by atoms with E-state index < -0.39 is 12.0 Å². The van der Waals surface area contributed by atoms with Crippen LogP contribution in [0.25, 0.3) is 0 Å². The Morgan fingerprint density at radius 3 is 2.70 bits per heavy atom. The minimum absolute atomic E-state index is 0.136. The van der Waals surface area contributed by atoms with E-state index in [1.807, 2.05) is 12.1 Å². The number of benzene rings is 1. The van der Waals surface area contributed by atoms with Gasteiger partial charge in [-0.2, -0.15) is 11.8 Å². The summed E-state index contributed by atoms with van der Waals surface area (Å²) in [6, 6.07) is 6.53. The van der Waals surface area contributed by atoms with Gasteiger partial charge in [-0.1, -0.05) is 12.1 Å². The zero-order valence-electron chi connectivity index (χ0n) is 11.2. The van der Waals surface area contributed by atoms with Crippen LogP contribution in [0.2, 0.25) is 0 Å². The first-order valence-electron chi connectivity index (χ1n) is 6.35. The normalized spacial score (nSPS) is 18.6. The van der Waals surface area contributed by atoms with Crippen LogP contribution in [0.15, 0.2) is 24.3 Å². The largest absolute Gasteiger partial charge is 0.497 e. The second kappa shape index (κ2) is 6.65. The molecule has 1 amide bonds. The van der Waals surface area contributed by atoms with Crippen LogP contribution in [0.5, 0.6) is 5.75 Å². The van der Waals surface area contributed by atoms with Gasteiger partial charge in [-0.05, 0) is 17.7 Å². The van der Waals surface area contributed by atoms with Crippen molar-refractivity contribution >= 4 is 23.6 Å². The molecule has 1 aromatic rings. The maximum Gasteiger partial charge on any atom is 0.327 e. The molecule has 1 aromatic carbocycles. The molecular weight excluding hydrogens is 278 g/mol. The highest BCUT2D eigenvalue weighted by Crippen LogP contribution is 2.19. The number of thioether (sulfide) groups is 1. The quantitative estimate of drug-likeness (QED) is 0.906. The van der Waals surface area contributed by atoms with E-state index in [1.54, 1.807) is 31.0 Å². The minimum Gasteiger partial charge on any atom is -0.497 e. The van der Waals surface area contributed by atoms with E-state index in [1.165, 1.54) is 4.90 Å². The average Bonchev–Trinajstić information content (AvgIpc) is 2.48. The van der Waals surface area contributed by atoms with Gasteiger partial charge in [0, 0.05) is 18.1 Å². The molecule has 0 aliphatic carbocycles. The first kappa shape index (κ1) is 14.7. The first-order chi connectivity index (χ1) is 9.61. The van der Waals surface area contributed by atoms with Crippen LogP contribution in [0.3, 0.4) is 0 Å². The van der Waals surface area contributed by atoms with E-state index in [0.29, 0.717) is 12.3 Å². The van der Waals surface area contributed by atoms with Gasteiger partial charge in [0.15, 0.2) is 0 Å². The summed E-state index contributed by atoms with van der Waals surface area (Å²) in [6.07, 6.45) is 0.221. The number of hydrogen-bond donors (Lipinski definition) is 1. The molecule has 1 fully saturated rings. The van der Waals surface area contributed by atoms with E-state index in [4.69, 9.17) is 9.84 Å². The van der Waals surface area contributed by atoms with Crippen LogP contribution in [-0.4, -0.2) is 53.1 Å². The monoisotopic (exact) mass is 295 g/mol. The molecule has 20 heavy (non-hydrogen) atoms. The molecule has 0 spiro atoms. The molecule has 1 unspecified atom stereocenters. The van der Waals surface area contributed by atoms with Gasteiger partial charge in [0.05, 0.1) is 13.5 Å². The number of carbonyl (C=O) groups excluding carboxylic acids is 1.